The Morgan fingerprint density at radius 3 is 0.972 bits per heavy atom. The number of nitrogens with zero attached hydrogens (tertiary/aromatic N) is 8. The van der Waals surface area contributed by atoms with Crippen molar-refractivity contribution in [1.82, 2.24) is 27.4 Å². The highest BCUT2D eigenvalue weighted by atomic mass is 15.0. The highest BCUT2D eigenvalue weighted by Gasteiger charge is 2.37. The zero-order valence-electron chi connectivity index (χ0n) is 77.3. The fourth-order valence-corrected chi connectivity index (χ4v) is 22.9. The molecule has 8 nitrogen and oxygen atoms in total. The minimum absolute atomic E-state index is 0.0797. The van der Waals surface area contributed by atoms with Crippen molar-refractivity contribution < 1.29 is 0 Å². The smallest absolute Gasteiger partial charge is 0.188 e. The molecule has 0 N–H and O–H groups in total. The first-order valence-electron chi connectivity index (χ1n) is 48.1. The van der Waals surface area contributed by atoms with Crippen LogP contribution in [-0.2, 0) is 5.41 Å². The van der Waals surface area contributed by atoms with Gasteiger partial charge in [0.25, 0.3) is 0 Å². The molecule has 141 heavy (non-hydrogen) atoms. The minimum atomic E-state index is -0.0797. The van der Waals surface area contributed by atoms with Crippen LogP contribution in [0.1, 0.15) is 25.0 Å². The van der Waals surface area contributed by atoms with E-state index >= 15 is 0 Å². The van der Waals surface area contributed by atoms with Crippen LogP contribution < -0.4 is 0 Å². The Balaban J connectivity index is 0.000000106. The van der Waals surface area contributed by atoms with Crippen LogP contribution in [0.15, 0.2) is 485 Å². The second kappa shape index (κ2) is 32.7. The maximum absolute atomic E-state index is 7.52. The predicted molar refractivity (Wildman–Crippen MR) is 592 cm³/mol. The van der Waals surface area contributed by atoms with Gasteiger partial charge in [0, 0.05) is 93.1 Å². The molecule has 29 rings (SSSR count). The van der Waals surface area contributed by atoms with Crippen LogP contribution in [0.3, 0.4) is 0 Å². The van der Waals surface area contributed by atoms with Gasteiger partial charge < -0.3 is 27.4 Å². The summed E-state index contributed by atoms with van der Waals surface area (Å²) in [6.45, 7) is 19.7. The first-order chi connectivity index (χ1) is 69.6. The summed E-state index contributed by atoms with van der Waals surface area (Å²) in [6.07, 6.45) is 0. The van der Waals surface area contributed by atoms with Gasteiger partial charge in [0.05, 0.1) is 85.0 Å². The third-order valence-electron chi connectivity index (χ3n) is 29.6. The second-order valence-corrected chi connectivity index (χ2v) is 37.6. The lowest BCUT2D eigenvalue weighted by molar-refractivity contribution is 0.661. The van der Waals surface area contributed by atoms with Crippen molar-refractivity contribution in [3.8, 4) is 89.8 Å². The van der Waals surface area contributed by atoms with Crippen LogP contribution in [0.25, 0.3) is 252 Å². The number of para-hydroxylation sites is 6. The Kier molecular flexibility index (Phi) is 19.0. The van der Waals surface area contributed by atoms with E-state index in [4.69, 9.17) is 13.1 Å². The maximum Gasteiger partial charge on any atom is 0.188 e. The molecule has 0 atom stereocenters. The molecule has 28 aromatic rings. The summed E-state index contributed by atoms with van der Waals surface area (Å²) in [4.78, 5) is 7.34. The number of hydrogen-bond acceptors (Lipinski definition) is 0. The number of hydrogen-bond donors (Lipinski definition) is 0. The van der Waals surface area contributed by atoms with Gasteiger partial charge in [-0.1, -0.05) is 317 Å². The van der Waals surface area contributed by atoms with Crippen LogP contribution in [0, 0.1) is 13.1 Å². The fourth-order valence-electron chi connectivity index (χ4n) is 22.9. The van der Waals surface area contributed by atoms with Gasteiger partial charge in [0.1, 0.15) is 0 Å². The molecule has 0 bridgehead atoms. The molecule has 0 saturated carbocycles. The van der Waals surface area contributed by atoms with Crippen molar-refractivity contribution in [3.05, 3.63) is 519 Å². The fraction of sp³-hybridized carbons (Fsp3) is 0.0226. The van der Waals surface area contributed by atoms with E-state index in [0.717, 1.165) is 60.7 Å². The first-order valence-corrected chi connectivity index (χ1v) is 48.1. The van der Waals surface area contributed by atoms with Gasteiger partial charge in [-0.3, -0.25) is 0 Å². The van der Waals surface area contributed by atoms with Crippen molar-refractivity contribution in [3.63, 3.8) is 0 Å². The molecule has 0 unspecified atom stereocenters. The Morgan fingerprint density at radius 2 is 0.482 bits per heavy atom. The molecular weight excluding hydrogens is 1710 g/mol. The van der Waals surface area contributed by atoms with Crippen molar-refractivity contribution in [2.45, 2.75) is 19.3 Å². The normalized spacial score (nSPS) is 12.2. The van der Waals surface area contributed by atoms with Crippen LogP contribution in [-0.4, -0.2) is 27.4 Å². The molecule has 6 heterocycles. The Hall–Kier alpha value is -18.9. The summed E-state index contributed by atoms with van der Waals surface area (Å²) in [7, 11) is 0. The van der Waals surface area contributed by atoms with Gasteiger partial charge in [-0.05, 0) is 276 Å². The average Bonchev–Trinajstić information content (AvgIpc) is 1.54. The lowest BCUT2D eigenvalue weighted by atomic mass is 9.82. The van der Waals surface area contributed by atoms with E-state index in [1.54, 1.807) is 0 Å². The lowest BCUT2D eigenvalue weighted by Gasteiger charge is -2.21. The largest absolute Gasteiger partial charge is 0.309 e. The molecule has 8 heteroatoms. The lowest BCUT2D eigenvalue weighted by Crippen LogP contribution is -2.14. The number of aromatic nitrogens is 6. The average molecular weight is 1800 g/mol. The second-order valence-electron chi connectivity index (χ2n) is 37.6. The summed E-state index contributed by atoms with van der Waals surface area (Å²) in [5.41, 5.74) is 37.4. The quantitative estimate of drug-likeness (QED) is 0.122. The Labute approximate surface area is 813 Å². The first kappa shape index (κ1) is 81.7. The molecule has 0 spiro atoms. The third kappa shape index (κ3) is 13.3. The van der Waals surface area contributed by atoms with E-state index in [1.807, 2.05) is 24.3 Å². The zero-order valence-corrected chi connectivity index (χ0v) is 77.3. The monoisotopic (exact) mass is 1790 g/mol. The number of rotatable bonds is 10. The van der Waals surface area contributed by atoms with Gasteiger partial charge in [-0.2, -0.15) is 0 Å². The van der Waals surface area contributed by atoms with Crippen LogP contribution >= 0.6 is 0 Å². The van der Waals surface area contributed by atoms with Gasteiger partial charge in [0.15, 0.2) is 11.4 Å². The summed E-state index contributed by atoms with van der Waals surface area (Å²) >= 11 is 0. The highest BCUT2D eigenvalue weighted by Crippen LogP contribution is 2.53. The maximum atomic E-state index is 7.52. The highest BCUT2D eigenvalue weighted by molar-refractivity contribution is 6.18. The number of fused-ring (bicyclic) bond motifs is 23. The molecule has 0 amide bonds. The molecule has 0 fully saturated rings. The van der Waals surface area contributed by atoms with Crippen molar-refractivity contribution in [2.75, 3.05) is 0 Å². The van der Waals surface area contributed by atoms with Crippen LogP contribution in [0.5, 0.6) is 0 Å². The standard InChI is InChI=1S/C47H29N3.C45H32N2.C41H25N3/c1-48-37-21-27-47-43(30-37)41-11-5-7-13-45(41)50(47)39-24-18-33(19-25-39)36-20-26-46-42(29-36)40-10-4-6-12-44(40)49(46)38-22-16-32(17-23-38)35-15-14-31-8-2-3-9-34(31)28-35;1-45(2)39-19-11-9-17-33(39)35-27-38-36-25-30(29-13-5-3-6-14-29)21-23-42(36)47(44(38)28-40(35)45)32-22-24-43-37(26-32)34-18-10-12-20-41(34)46(43)31-15-7-4-8-16-31;1-42-30-20-24-40-36(26-30)34-13-4-6-14-38(34)43(40)31-21-17-27(18-22-31)29-19-23-41-35(25-29)33-12-5-7-15-39(33)44(41)37-16-8-10-28-9-2-3-11-32(28)37/h2-30H;3-28H,1-2H3;2-26H. The van der Waals surface area contributed by atoms with E-state index in [0.29, 0.717) is 11.4 Å². The minimum Gasteiger partial charge on any atom is -0.309 e. The molecule has 0 radical (unpaired) electrons. The molecule has 6 aromatic heterocycles. The summed E-state index contributed by atoms with van der Waals surface area (Å²) in [5.74, 6) is 0. The van der Waals surface area contributed by atoms with Crippen LogP contribution in [0.4, 0.5) is 11.4 Å². The Morgan fingerprint density at radius 1 is 0.170 bits per heavy atom. The summed E-state index contributed by atoms with van der Waals surface area (Å²) in [6, 6.07) is 175. The Bertz CT molecular complexity index is 10100. The molecule has 0 aliphatic heterocycles. The molecule has 1 aliphatic rings. The SMILES string of the molecule is CC1(C)c2ccccc2-c2cc3c4cc(-c5ccccc5)ccc4n(-c4ccc5c(c4)c4ccccc4n5-c4ccccc4)c3cc21.[C-]#[N+]c1ccc2c(c1)c1ccccc1n2-c1ccc(-c2ccc3c(c2)c2ccccc2n3-c2ccc(-c3ccc4ccccc4c3)cc2)cc1.[C-]#[N+]c1ccc2c(c1)c1ccccc1n2-c1ccc(-c2ccc3c(c2)c2ccccc2n3-c2cccc3ccccc23)cc1. The summed E-state index contributed by atoms with van der Waals surface area (Å²) < 4.78 is 14.3. The molecule has 658 valence electrons. The third-order valence-corrected chi connectivity index (χ3v) is 29.6. The zero-order chi connectivity index (χ0) is 93.7. The van der Waals surface area contributed by atoms with E-state index in [2.05, 4.69) is 512 Å². The van der Waals surface area contributed by atoms with E-state index < -0.39 is 0 Å². The van der Waals surface area contributed by atoms with E-state index in [1.165, 1.54) is 193 Å². The van der Waals surface area contributed by atoms with Gasteiger partial charge in [-0.15, -0.1) is 0 Å². The number of benzene rings is 22. The van der Waals surface area contributed by atoms with Gasteiger partial charge in [-0.25, -0.2) is 9.69 Å². The topological polar surface area (TPSA) is 38.3 Å². The van der Waals surface area contributed by atoms with Crippen LogP contribution in [0.2, 0.25) is 0 Å². The molecular formula is C133H86N8. The van der Waals surface area contributed by atoms with Crippen molar-refractivity contribution in [2.24, 2.45) is 0 Å². The predicted octanol–water partition coefficient (Wildman–Crippen LogP) is 36.0. The van der Waals surface area contributed by atoms with Crippen molar-refractivity contribution in [1.29, 1.82) is 0 Å². The van der Waals surface area contributed by atoms with E-state index in [-0.39, 0.29) is 5.41 Å². The molecule has 22 aromatic carbocycles. The summed E-state index contributed by atoms with van der Waals surface area (Å²) in [5, 5.41) is 19.6. The van der Waals surface area contributed by atoms with Gasteiger partial charge >= 0.3 is 0 Å². The van der Waals surface area contributed by atoms with Crippen molar-refractivity contribution >= 4 is 164 Å². The van der Waals surface area contributed by atoms with E-state index in [9.17, 15) is 0 Å². The molecule has 1 aliphatic carbocycles. The van der Waals surface area contributed by atoms with Gasteiger partial charge in [0.2, 0.25) is 0 Å². The molecule has 0 saturated heterocycles.